The van der Waals surface area contributed by atoms with Crippen molar-refractivity contribution in [3.05, 3.63) is 78.9 Å². The van der Waals surface area contributed by atoms with E-state index in [0.717, 1.165) is 5.69 Å². The summed E-state index contributed by atoms with van der Waals surface area (Å²) in [6.45, 7) is 1.59. The van der Waals surface area contributed by atoms with Gasteiger partial charge in [-0.15, -0.1) is 0 Å². The molecule has 0 heterocycles. The van der Waals surface area contributed by atoms with Crippen LogP contribution < -0.4 is 4.90 Å². The molecular formula is C22H23NO4. The molecule has 0 fully saturated rings. The molecule has 0 saturated heterocycles. The third-order valence-electron chi connectivity index (χ3n) is 4.37. The predicted octanol–water partition coefficient (Wildman–Crippen LogP) is 3.06. The lowest BCUT2D eigenvalue weighted by Gasteiger charge is -2.25. The van der Waals surface area contributed by atoms with Gasteiger partial charge in [-0.25, -0.2) is 0 Å². The Morgan fingerprint density at radius 1 is 0.741 bits per heavy atom. The largest absolute Gasteiger partial charge is 0.463 e. The van der Waals surface area contributed by atoms with E-state index >= 15 is 0 Å². The third kappa shape index (κ3) is 5.45. The van der Waals surface area contributed by atoms with Crippen molar-refractivity contribution in [3.8, 4) is 0 Å². The highest BCUT2D eigenvalue weighted by atomic mass is 16.5. The molecule has 2 aliphatic carbocycles. The first-order chi connectivity index (χ1) is 13.2. The number of esters is 2. The average Bonchev–Trinajstić information content (AvgIpc) is 3.41. The molecule has 140 valence electrons. The minimum atomic E-state index is -0.288. The van der Waals surface area contributed by atoms with E-state index in [-0.39, 0.29) is 37.0 Å². The number of allylic oxidation sites excluding steroid dienone is 4. The maximum atomic E-state index is 12.0. The zero-order chi connectivity index (χ0) is 18.9. The van der Waals surface area contributed by atoms with Gasteiger partial charge in [0, 0.05) is 5.69 Å². The van der Waals surface area contributed by atoms with Gasteiger partial charge in [-0.05, 0) is 12.1 Å². The maximum absolute atomic E-state index is 12.0. The van der Waals surface area contributed by atoms with Gasteiger partial charge in [-0.3, -0.25) is 9.59 Å². The lowest BCUT2D eigenvalue weighted by atomic mass is 10.2. The van der Waals surface area contributed by atoms with Gasteiger partial charge in [-0.1, -0.05) is 66.8 Å². The molecule has 1 aromatic carbocycles. The number of rotatable bonds is 9. The fourth-order valence-electron chi connectivity index (χ4n) is 2.89. The Morgan fingerprint density at radius 3 is 1.63 bits per heavy atom. The molecule has 0 bridgehead atoms. The Kier molecular flexibility index (Phi) is 6.63. The van der Waals surface area contributed by atoms with E-state index in [9.17, 15) is 9.59 Å². The second-order valence-corrected chi connectivity index (χ2v) is 6.25. The Bertz CT molecular complexity index is 694. The lowest BCUT2D eigenvalue weighted by molar-refractivity contribution is -0.145. The van der Waals surface area contributed by atoms with Crippen LogP contribution in [0.3, 0.4) is 0 Å². The van der Waals surface area contributed by atoms with Gasteiger partial charge in [0.25, 0.3) is 0 Å². The molecule has 27 heavy (non-hydrogen) atoms. The number of ether oxygens (including phenoxy) is 2. The number of hydrogen-bond donors (Lipinski definition) is 0. The topological polar surface area (TPSA) is 55.8 Å². The van der Waals surface area contributed by atoms with E-state index in [1.54, 1.807) is 0 Å². The Morgan fingerprint density at radius 2 is 1.19 bits per heavy atom. The van der Waals surface area contributed by atoms with Crippen molar-refractivity contribution in [1.29, 1.82) is 0 Å². The van der Waals surface area contributed by atoms with Gasteiger partial charge in [0.2, 0.25) is 0 Å². The van der Waals surface area contributed by atoms with Crippen LogP contribution in [-0.4, -0.2) is 38.2 Å². The molecule has 5 nitrogen and oxygen atoms in total. The highest BCUT2D eigenvalue weighted by molar-refractivity contribution is 5.78. The summed E-state index contributed by atoms with van der Waals surface area (Å²) in [6, 6.07) is 9.80. The van der Waals surface area contributed by atoms with Crippen molar-refractivity contribution in [1.82, 2.24) is 0 Å². The average molecular weight is 365 g/mol. The van der Waals surface area contributed by atoms with Crippen LogP contribution in [0.2, 0.25) is 0 Å². The first-order valence-corrected chi connectivity index (χ1v) is 9.07. The van der Waals surface area contributed by atoms with E-state index in [1.165, 1.54) is 0 Å². The molecule has 0 aromatic heterocycles. The molecule has 0 radical (unpaired) electrons. The fraction of sp³-hybridized carbons (Fsp3) is 0.273. The van der Waals surface area contributed by atoms with Crippen LogP contribution in [0.4, 0.5) is 5.69 Å². The molecule has 0 spiro atoms. The van der Waals surface area contributed by atoms with Crippen LogP contribution in [0.15, 0.2) is 78.9 Å². The quantitative estimate of drug-likeness (QED) is 0.630. The minimum absolute atomic E-state index is 0.251. The summed E-state index contributed by atoms with van der Waals surface area (Å²) >= 11 is 0. The summed E-state index contributed by atoms with van der Waals surface area (Å²) < 4.78 is 10.8. The van der Waals surface area contributed by atoms with Crippen molar-refractivity contribution in [2.75, 3.05) is 31.2 Å². The summed E-state index contributed by atoms with van der Waals surface area (Å²) in [5.41, 5.74) is 0.992. The van der Waals surface area contributed by atoms with Crippen LogP contribution in [0, 0.1) is 11.8 Å². The number of hydrogen-bond acceptors (Lipinski definition) is 5. The summed E-state index contributed by atoms with van der Waals surface area (Å²) in [7, 11) is 0. The van der Waals surface area contributed by atoms with Gasteiger partial charge in [-0.2, -0.15) is 0 Å². The van der Waals surface area contributed by atoms with Gasteiger partial charge < -0.3 is 14.4 Å². The van der Waals surface area contributed by atoms with E-state index < -0.39 is 0 Å². The summed E-state index contributed by atoms with van der Waals surface area (Å²) in [5.74, 6) is -1.08. The van der Waals surface area contributed by atoms with Crippen molar-refractivity contribution in [3.63, 3.8) is 0 Å². The van der Waals surface area contributed by atoms with E-state index in [4.69, 9.17) is 9.47 Å². The lowest BCUT2D eigenvalue weighted by Crippen LogP contribution is -2.33. The Balaban J connectivity index is 1.48. The van der Waals surface area contributed by atoms with Crippen molar-refractivity contribution >= 4 is 17.6 Å². The van der Waals surface area contributed by atoms with E-state index in [0.29, 0.717) is 13.1 Å². The van der Waals surface area contributed by atoms with Gasteiger partial charge >= 0.3 is 11.9 Å². The highest BCUT2D eigenvalue weighted by Crippen LogP contribution is 2.15. The highest BCUT2D eigenvalue weighted by Gasteiger charge is 2.18. The molecular weight excluding hydrogens is 342 g/mol. The van der Waals surface area contributed by atoms with Crippen molar-refractivity contribution in [2.24, 2.45) is 11.8 Å². The number of nitrogens with zero attached hydrogens (tertiary/aromatic N) is 1. The zero-order valence-electron chi connectivity index (χ0n) is 15.1. The first kappa shape index (κ1) is 18.7. The predicted molar refractivity (Wildman–Crippen MR) is 104 cm³/mol. The number of para-hydroxylation sites is 1. The summed E-state index contributed by atoms with van der Waals surface area (Å²) in [6.07, 6.45) is 14.6. The molecule has 0 unspecified atom stereocenters. The number of carbonyl (C=O) groups is 2. The number of benzene rings is 1. The second-order valence-electron chi connectivity index (χ2n) is 6.25. The fourth-order valence-corrected chi connectivity index (χ4v) is 2.89. The SMILES string of the molecule is O=C(OCCN(CCOC(=O)C1C=CC=C1)c1ccccc1)C1C=CC=C1. The number of anilines is 1. The van der Waals surface area contributed by atoms with E-state index in [2.05, 4.69) is 0 Å². The minimum Gasteiger partial charge on any atom is -0.463 e. The monoisotopic (exact) mass is 365 g/mol. The molecule has 0 saturated carbocycles. The molecule has 0 aliphatic heterocycles. The molecule has 3 rings (SSSR count). The van der Waals surface area contributed by atoms with Crippen molar-refractivity contribution < 1.29 is 19.1 Å². The summed E-state index contributed by atoms with van der Waals surface area (Å²) in [4.78, 5) is 26.0. The molecule has 0 atom stereocenters. The Hall–Kier alpha value is -3.08. The Labute approximate surface area is 159 Å². The van der Waals surface area contributed by atoms with Gasteiger partial charge in [0.05, 0.1) is 24.9 Å². The molecule has 0 amide bonds. The van der Waals surface area contributed by atoms with Crippen molar-refractivity contribution in [2.45, 2.75) is 0 Å². The molecule has 2 aliphatic rings. The summed E-state index contributed by atoms with van der Waals surface area (Å²) in [5, 5.41) is 0. The van der Waals surface area contributed by atoms with E-state index in [1.807, 2.05) is 83.8 Å². The zero-order valence-corrected chi connectivity index (χ0v) is 15.1. The second kappa shape index (κ2) is 9.57. The standard InChI is InChI=1S/C22H23NO4/c24-21(18-8-4-5-9-18)26-16-14-23(20-12-2-1-3-13-20)15-17-27-22(25)19-10-6-7-11-19/h1-13,18-19H,14-17H2. The van der Waals surface area contributed by atoms with Crippen LogP contribution in [0.1, 0.15) is 0 Å². The normalized spacial score (nSPS) is 15.4. The molecule has 0 N–H and O–H groups in total. The van der Waals surface area contributed by atoms with Crippen LogP contribution in [0.5, 0.6) is 0 Å². The third-order valence-corrected chi connectivity index (χ3v) is 4.37. The van der Waals surface area contributed by atoms with Crippen LogP contribution in [0.25, 0.3) is 0 Å². The molecule has 5 heteroatoms. The van der Waals surface area contributed by atoms with Crippen LogP contribution >= 0.6 is 0 Å². The molecule has 1 aromatic rings. The van der Waals surface area contributed by atoms with Gasteiger partial charge in [0.1, 0.15) is 13.2 Å². The smallest absolute Gasteiger partial charge is 0.316 e. The first-order valence-electron chi connectivity index (χ1n) is 9.07. The number of carbonyl (C=O) groups excluding carboxylic acids is 2. The maximum Gasteiger partial charge on any atom is 0.316 e. The van der Waals surface area contributed by atoms with Gasteiger partial charge in [0.15, 0.2) is 0 Å². The van der Waals surface area contributed by atoms with Crippen LogP contribution in [-0.2, 0) is 19.1 Å².